The van der Waals surface area contributed by atoms with E-state index in [0.717, 1.165) is 23.0 Å². The fraction of sp³-hybridized carbons (Fsp3) is 0.294. The summed E-state index contributed by atoms with van der Waals surface area (Å²) in [5.74, 6) is 1.11. The van der Waals surface area contributed by atoms with Crippen LogP contribution in [0.4, 0.5) is 11.6 Å². The maximum atomic E-state index is 10.2. The number of aliphatic hydroxyl groups excluding tert-OH is 1. The third-order valence-electron chi connectivity index (χ3n) is 3.84. The van der Waals surface area contributed by atoms with Gasteiger partial charge >= 0.3 is 0 Å². The first-order chi connectivity index (χ1) is 12.1. The lowest BCUT2D eigenvalue weighted by Gasteiger charge is -2.20. The minimum atomic E-state index is -0.979. The highest BCUT2D eigenvalue weighted by Crippen LogP contribution is 2.29. The zero-order valence-corrected chi connectivity index (χ0v) is 14.8. The Balaban J connectivity index is 1.72. The predicted molar refractivity (Wildman–Crippen MR) is 101 cm³/mol. The van der Waals surface area contributed by atoms with Crippen LogP contribution in [0.2, 0.25) is 5.15 Å². The van der Waals surface area contributed by atoms with Crippen LogP contribution < -0.4 is 16.0 Å². The van der Waals surface area contributed by atoms with Crippen molar-refractivity contribution in [3.63, 3.8) is 0 Å². The summed E-state index contributed by atoms with van der Waals surface area (Å²) in [5.41, 5.74) is 1.82. The molecule has 3 rings (SSSR count). The van der Waals surface area contributed by atoms with Crippen molar-refractivity contribution in [3.8, 4) is 0 Å². The van der Waals surface area contributed by atoms with Crippen molar-refractivity contribution in [2.75, 3.05) is 17.2 Å². The number of aliphatic hydroxyl groups is 1. The lowest BCUT2D eigenvalue weighted by atomic mass is 10.1. The zero-order chi connectivity index (χ0) is 17.8. The molecule has 5 N–H and O–H groups in total. The second kappa shape index (κ2) is 7.69. The number of halogens is 1. The zero-order valence-electron chi connectivity index (χ0n) is 14.0. The molecule has 0 aliphatic heterocycles. The quantitative estimate of drug-likeness (QED) is 0.328. The highest BCUT2D eigenvalue weighted by molar-refractivity contribution is 6.35. The van der Waals surface area contributed by atoms with Gasteiger partial charge in [-0.15, -0.1) is 0 Å². The summed E-state index contributed by atoms with van der Waals surface area (Å²) < 4.78 is 0. The second-order valence-corrected chi connectivity index (χ2v) is 6.03. The number of nitrogens with one attached hydrogen (secondary N) is 4. The number of hydrogen-bond donors (Lipinski definition) is 5. The summed E-state index contributed by atoms with van der Waals surface area (Å²) in [6.07, 6.45) is -0.979. The first kappa shape index (κ1) is 17.5. The van der Waals surface area contributed by atoms with Gasteiger partial charge in [0.2, 0.25) is 0 Å². The van der Waals surface area contributed by atoms with E-state index in [1.807, 2.05) is 44.2 Å². The van der Waals surface area contributed by atoms with E-state index in [1.165, 1.54) is 0 Å². The minimum absolute atomic E-state index is 0.0320. The first-order valence-electron chi connectivity index (χ1n) is 8.12. The van der Waals surface area contributed by atoms with Crippen LogP contribution in [0.5, 0.6) is 0 Å². The van der Waals surface area contributed by atoms with Crippen molar-refractivity contribution in [1.29, 1.82) is 0 Å². The number of anilines is 2. The Morgan fingerprint density at radius 1 is 1.28 bits per heavy atom. The van der Waals surface area contributed by atoms with E-state index in [9.17, 15) is 5.11 Å². The summed E-state index contributed by atoms with van der Waals surface area (Å²) in [5, 5.41) is 27.5. The van der Waals surface area contributed by atoms with E-state index in [1.54, 1.807) is 6.07 Å². The predicted octanol–water partition coefficient (Wildman–Crippen LogP) is 3.08. The smallest absolute Gasteiger partial charge is 0.183 e. The standard InChI is InChI=1S/C17H21ClN6O/c1-3-19-16-14-12(23-24-16)9-13(21-15(14)18)22-17(25)20-10(2)11-7-5-4-6-8-11/h4-10,17,20,25H,3H2,1-2H3,(H,21,22)(H2,19,23,24). The monoisotopic (exact) mass is 360 g/mol. The lowest BCUT2D eigenvalue weighted by Crippen LogP contribution is -2.37. The van der Waals surface area contributed by atoms with Crippen molar-refractivity contribution in [1.82, 2.24) is 20.5 Å². The van der Waals surface area contributed by atoms with Crippen LogP contribution in [0.25, 0.3) is 10.9 Å². The molecule has 0 saturated carbocycles. The van der Waals surface area contributed by atoms with Gasteiger partial charge < -0.3 is 15.7 Å². The molecule has 0 radical (unpaired) electrons. The molecule has 2 heterocycles. The fourth-order valence-electron chi connectivity index (χ4n) is 2.63. The van der Waals surface area contributed by atoms with Gasteiger partial charge in [0, 0.05) is 18.7 Å². The van der Waals surface area contributed by atoms with Gasteiger partial charge in [-0.2, -0.15) is 5.10 Å². The third-order valence-corrected chi connectivity index (χ3v) is 4.11. The second-order valence-electron chi connectivity index (χ2n) is 5.67. The van der Waals surface area contributed by atoms with Gasteiger partial charge in [-0.1, -0.05) is 41.9 Å². The summed E-state index contributed by atoms with van der Waals surface area (Å²) in [4.78, 5) is 4.29. The van der Waals surface area contributed by atoms with Crippen LogP contribution in [0.1, 0.15) is 25.5 Å². The van der Waals surface area contributed by atoms with Crippen LogP contribution in [-0.4, -0.2) is 33.2 Å². The van der Waals surface area contributed by atoms with Crippen molar-refractivity contribution in [2.24, 2.45) is 0 Å². The van der Waals surface area contributed by atoms with Crippen LogP contribution in [0.3, 0.4) is 0 Å². The molecular formula is C17H21ClN6O. The first-order valence-corrected chi connectivity index (χ1v) is 8.50. The number of hydrogen-bond acceptors (Lipinski definition) is 6. The molecule has 0 saturated heterocycles. The minimum Gasteiger partial charge on any atom is -0.368 e. The molecule has 1 aromatic carbocycles. The molecule has 8 heteroatoms. The lowest BCUT2D eigenvalue weighted by molar-refractivity contribution is 0.151. The number of fused-ring (bicyclic) bond motifs is 1. The third kappa shape index (κ3) is 4.01. The van der Waals surface area contributed by atoms with E-state index in [4.69, 9.17) is 11.6 Å². The molecule has 7 nitrogen and oxygen atoms in total. The Bertz CT molecular complexity index is 838. The molecule has 0 bridgehead atoms. The van der Waals surface area contributed by atoms with Gasteiger partial charge in [-0.3, -0.25) is 10.4 Å². The summed E-state index contributed by atoms with van der Waals surface area (Å²) in [7, 11) is 0. The number of aromatic nitrogens is 3. The molecule has 3 aromatic rings. The van der Waals surface area contributed by atoms with Crippen LogP contribution >= 0.6 is 11.6 Å². The fourth-order valence-corrected chi connectivity index (χ4v) is 2.91. The van der Waals surface area contributed by atoms with Gasteiger partial charge in [0.25, 0.3) is 0 Å². The maximum Gasteiger partial charge on any atom is 0.183 e. The molecule has 0 spiro atoms. The van der Waals surface area contributed by atoms with E-state index in [-0.39, 0.29) is 6.04 Å². The number of rotatable bonds is 7. The molecular weight excluding hydrogens is 340 g/mol. The summed E-state index contributed by atoms with van der Waals surface area (Å²) >= 11 is 6.28. The van der Waals surface area contributed by atoms with Crippen molar-refractivity contribution in [3.05, 3.63) is 47.1 Å². The van der Waals surface area contributed by atoms with Gasteiger partial charge in [0.05, 0.1) is 10.9 Å². The number of pyridine rings is 1. The van der Waals surface area contributed by atoms with Gasteiger partial charge in [0.1, 0.15) is 11.0 Å². The Hall–Kier alpha value is -2.35. The van der Waals surface area contributed by atoms with E-state index < -0.39 is 6.35 Å². The Labute approximate surface area is 150 Å². The van der Waals surface area contributed by atoms with Crippen molar-refractivity contribution < 1.29 is 5.11 Å². The molecule has 25 heavy (non-hydrogen) atoms. The molecule has 0 aliphatic rings. The van der Waals surface area contributed by atoms with E-state index >= 15 is 0 Å². The summed E-state index contributed by atoms with van der Waals surface area (Å²) in [6.45, 7) is 4.69. The number of benzene rings is 1. The van der Waals surface area contributed by atoms with Crippen molar-refractivity contribution >= 4 is 34.1 Å². The van der Waals surface area contributed by atoms with Gasteiger partial charge in [0.15, 0.2) is 12.2 Å². The molecule has 132 valence electrons. The van der Waals surface area contributed by atoms with Crippen LogP contribution in [-0.2, 0) is 0 Å². The average Bonchev–Trinajstić information content (AvgIpc) is 2.99. The van der Waals surface area contributed by atoms with Gasteiger partial charge in [-0.25, -0.2) is 4.98 Å². The number of aromatic amines is 1. The van der Waals surface area contributed by atoms with Gasteiger partial charge in [-0.05, 0) is 19.4 Å². The Morgan fingerprint density at radius 3 is 2.76 bits per heavy atom. The SMILES string of the molecule is CCNc1n[nH]c2cc(NC(O)NC(C)c3ccccc3)nc(Cl)c12. The Kier molecular flexibility index (Phi) is 5.37. The molecule has 2 unspecified atom stereocenters. The maximum absolute atomic E-state index is 10.2. The Morgan fingerprint density at radius 2 is 2.04 bits per heavy atom. The summed E-state index contributed by atoms with van der Waals surface area (Å²) in [6, 6.07) is 11.6. The number of H-pyrrole nitrogens is 1. The molecule has 2 atom stereocenters. The molecule has 2 aromatic heterocycles. The van der Waals surface area contributed by atoms with E-state index in [0.29, 0.717) is 16.8 Å². The largest absolute Gasteiger partial charge is 0.368 e. The molecule has 0 aliphatic carbocycles. The van der Waals surface area contributed by atoms with Crippen LogP contribution in [0, 0.1) is 0 Å². The molecule has 0 amide bonds. The normalized spacial score (nSPS) is 13.6. The van der Waals surface area contributed by atoms with Crippen LogP contribution in [0.15, 0.2) is 36.4 Å². The number of nitrogens with zero attached hydrogens (tertiary/aromatic N) is 2. The average molecular weight is 361 g/mol. The molecule has 0 fully saturated rings. The highest BCUT2D eigenvalue weighted by Gasteiger charge is 2.15. The van der Waals surface area contributed by atoms with E-state index in [2.05, 4.69) is 31.1 Å². The topological polar surface area (TPSA) is 97.9 Å². The highest BCUT2D eigenvalue weighted by atomic mass is 35.5. The van der Waals surface area contributed by atoms with Crippen molar-refractivity contribution in [2.45, 2.75) is 26.2 Å².